The number of nitrogens with zero attached hydrogens (tertiary/aromatic N) is 1. The van der Waals surface area contributed by atoms with E-state index in [-0.39, 0.29) is 0 Å². The molecule has 98 valence electrons. The molecule has 0 saturated heterocycles. The Balaban J connectivity index is 2.06. The van der Waals surface area contributed by atoms with Gasteiger partial charge in [0.25, 0.3) is 0 Å². The van der Waals surface area contributed by atoms with Gasteiger partial charge in [-0.05, 0) is 42.2 Å². The van der Waals surface area contributed by atoms with Crippen molar-refractivity contribution in [3.8, 4) is 16.9 Å². The molecule has 0 N–H and O–H groups in total. The molecule has 0 atom stereocenters. The highest BCUT2D eigenvalue weighted by Crippen LogP contribution is 2.39. The average molecular weight is 259 g/mol. The first-order valence-electron chi connectivity index (χ1n) is 7.12. The summed E-state index contributed by atoms with van der Waals surface area (Å²) in [5.41, 5.74) is 9.71. The second-order valence-electron chi connectivity index (χ2n) is 5.55. The van der Waals surface area contributed by atoms with Crippen LogP contribution in [0.15, 0.2) is 54.6 Å². The lowest BCUT2D eigenvalue weighted by molar-refractivity contribution is 1.04. The summed E-state index contributed by atoms with van der Waals surface area (Å²) in [5, 5.41) is 0. The molecule has 0 spiro atoms. The standard InChI is InChI=1S/C19H17N/c1-13-14(2)19(15-8-4-3-5-9-15)20-17-11-7-6-10-16(17)12-18(13)20/h3-11H,12H2,1-2H3. The summed E-state index contributed by atoms with van der Waals surface area (Å²) in [7, 11) is 0. The van der Waals surface area contributed by atoms with E-state index in [1.807, 2.05) is 0 Å². The number of para-hydroxylation sites is 1. The van der Waals surface area contributed by atoms with E-state index in [1.165, 1.54) is 39.3 Å². The van der Waals surface area contributed by atoms with Gasteiger partial charge in [-0.3, -0.25) is 0 Å². The largest absolute Gasteiger partial charge is 0.312 e. The Kier molecular flexibility index (Phi) is 2.37. The molecule has 1 heteroatoms. The fraction of sp³-hybridized carbons (Fsp3) is 0.158. The van der Waals surface area contributed by atoms with Crippen molar-refractivity contribution in [3.63, 3.8) is 0 Å². The van der Waals surface area contributed by atoms with E-state index in [9.17, 15) is 0 Å². The van der Waals surface area contributed by atoms with Crippen LogP contribution in [0.4, 0.5) is 0 Å². The molecular weight excluding hydrogens is 242 g/mol. The van der Waals surface area contributed by atoms with Gasteiger partial charge in [0, 0.05) is 17.8 Å². The minimum absolute atomic E-state index is 1.05. The van der Waals surface area contributed by atoms with Crippen molar-refractivity contribution in [2.45, 2.75) is 20.3 Å². The Morgan fingerprint density at radius 2 is 1.50 bits per heavy atom. The first-order valence-corrected chi connectivity index (χ1v) is 7.12. The normalized spacial score (nSPS) is 12.3. The molecular formula is C19H17N. The Labute approximate surface area is 119 Å². The van der Waals surface area contributed by atoms with Crippen LogP contribution in [0.2, 0.25) is 0 Å². The molecule has 20 heavy (non-hydrogen) atoms. The third-order valence-corrected chi connectivity index (χ3v) is 4.48. The van der Waals surface area contributed by atoms with Crippen LogP contribution in [0, 0.1) is 13.8 Å². The zero-order chi connectivity index (χ0) is 13.7. The third kappa shape index (κ3) is 1.44. The maximum atomic E-state index is 2.45. The number of aromatic nitrogens is 1. The average Bonchev–Trinajstić information content (AvgIpc) is 2.97. The fourth-order valence-corrected chi connectivity index (χ4v) is 3.34. The van der Waals surface area contributed by atoms with Crippen molar-refractivity contribution < 1.29 is 0 Å². The number of hydrogen-bond donors (Lipinski definition) is 0. The predicted octanol–water partition coefficient (Wildman–Crippen LogP) is 4.67. The number of benzene rings is 2. The smallest absolute Gasteiger partial charge is 0.0563 e. The van der Waals surface area contributed by atoms with Crippen LogP contribution < -0.4 is 0 Å². The summed E-state index contributed by atoms with van der Waals surface area (Å²) < 4.78 is 2.45. The van der Waals surface area contributed by atoms with Crippen LogP contribution in [-0.4, -0.2) is 4.57 Å². The molecule has 3 aromatic rings. The number of fused-ring (bicyclic) bond motifs is 3. The lowest BCUT2D eigenvalue weighted by atomic mass is 10.0. The van der Waals surface area contributed by atoms with Crippen LogP contribution in [0.25, 0.3) is 16.9 Å². The first-order chi connectivity index (χ1) is 9.77. The monoisotopic (exact) mass is 259 g/mol. The van der Waals surface area contributed by atoms with Gasteiger partial charge in [0.05, 0.1) is 5.69 Å². The van der Waals surface area contributed by atoms with Crippen LogP contribution in [0.5, 0.6) is 0 Å². The first kappa shape index (κ1) is 11.5. The van der Waals surface area contributed by atoms with Gasteiger partial charge in [-0.2, -0.15) is 0 Å². The minimum Gasteiger partial charge on any atom is -0.312 e. The lowest BCUT2D eigenvalue weighted by Gasteiger charge is -2.10. The molecule has 1 aliphatic rings. The van der Waals surface area contributed by atoms with Gasteiger partial charge < -0.3 is 4.57 Å². The van der Waals surface area contributed by atoms with Crippen molar-refractivity contribution in [3.05, 3.63) is 77.0 Å². The molecule has 0 radical (unpaired) electrons. The Morgan fingerprint density at radius 1 is 0.800 bits per heavy atom. The van der Waals surface area contributed by atoms with Gasteiger partial charge in [-0.15, -0.1) is 0 Å². The third-order valence-electron chi connectivity index (χ3n) is 4.48. The van der Waals surface area contributed by atoms with Crippen molar-refractivity contribution in [2.24, 2.45) is 0 Å². The molecule has 0 unspecified atom stereocenters. The van der Waals surface area contributed by atoms with Crippen LogP contribution >= 0.6 is 0 Å². The summed E-state index contributed by atoms with van der Waals surface area (Å²) in [4.78, 5) is 0. The summed E-state index contributed by atoms with van der Waals surface area (Å²) in [6, 6.07) is 19.5. The molecule has 1 aromatic heterocycles. The molecule has 0 amide bonds. The van der Waals surface area contributed by atoms with Crippen molar-refractivity contribution in [1.82, 2.24) is 4.57 Å². The minimum atomic E-state index is 1.05. The van der Waals surface area contributed by atoms with Gasteiger partial charge in [0.15, 0.2) is 0 Å². The van der Waals surface area contributed by atoms with E-state index in [2.05, 4.69) is 73.0 Å². The van der Waals surface area contributed by atoms with Crippen LogP contribution in [0.3, 0.4) is 0 Å². The van der Waals surface area contributed by atoms with E-state index < -0.39 is 0 Å². The predicted molar refractivity (Wildman–Crippen MR) is 83.5 cm³/mol. The van der Waals surface area contributed by atoms with E-state index in [4.69, 9.17) is 0 Å². The second kappa shape index (κ2) is 4.11. The highest BCUT2D eigenvalue weighted by Gasteiger charge is 2.26. The fourth-order valence-electron chi connectivity index (χ4n) is 3.34. The lowest BCUT2D eigenvalue weighted by Crippen LogP contribution is -1.95. The summed E-state index contributed by atoms with van der Waals surface area (Å²) in [6.07, 6.45) is 1.05. The van der Waals surface area contributed by atoms with E-state index in [0.717, 1.165) is 6.42 Å². The molecule has 2 aromatic carbocycles. The molecule has 4 rings (SSSR count). The SMILES string of the molecule is Cc1c(C)c(-c2ccccc2)n2c1Cc1ccccc1-2. The summed E-state index contributed by atoms with van der Waals surface area (Å²) in [5.74, 6) is 0. The van der Waals surface area contributed by atoms with Crippen LogP contribution in [0.1, 0.15) is 22.4 Å². The van der Waals surface area contributed by atoms with E-state index in [1.54, 1.807) is 0 Å². The van der Waals surface area contributed by atoms with Crippen molar-refractivity contribution in [2.75, 3.05) is 0 Å². The van der Waals surface area contributed by atoms with Gasteiger partial charge in [0.1, 0.15) is 0 Å². The Bertz CT molecular complexity index is 794. The van der Waals surface area contributed by atoms with Gasteiger partial charge >= 0.3 is 0 Å². The van der Waals surface area contributed by atoms with Gasteiger partial charge in [-0.25, -0.2) is 0 Å². The maximum Gasteiger partial charge on any atom is 0.0563 e. The zero-order valence-electron chi connectivity index (χ0n) is 11.9. The van der Waals surface area contributed by atoms with Crippen LogP contribution in [-0.2, 0) is 6.42 Å². The van der Waals surface area contributed by atoms with E-state index in [0.29, 0.717) is 0 Å². The van der Waals surface area contributed by atoms with E-state index >= 15 is 0 Å². The quantitative estimate of drug-likeness (QED) is 0.468. The van der Waals surface area contributed by atoms with Gasteiger partial charge in [-0.1, -0.05) is 48.5 Å². The zero-order valence-corrected chi connectivity index (χ0v) is 11.9. The van der Waals surface area contributed by atoms with Crippen molar-refractivity contribution in [1.29, 1.82) is 0 Å². The maximum absolute atomic E-state index is 2.45. The molecule has 0 fully saturated rings. The highest BCUT2D eigenvalue weighted by molar-refractivity contribution is 5.73. The summed E-state index contributed by atoms with van der Waals surface area (Å²) in [6.45, 7) is 4.49. The number of hydrogen-bond acceptors (Lipinski definition) is 0. The Hall–Kier alpha value is -2.28. The molecule has 0 bridgehead atoms. The van der Waals surface area contributed by atoms with Gasteiger partial charge in [0.2, 0.25) is 0 Å². The molecule has 0 aliphatic carbocycles. The highest BCUT2D eigenvalue weighted by atomic mass is 15.0. The number of rotatable bonds is 1. The molecule has 1 aliphatic heterocycles. The topological polar surface area (TPSA) is 4.93 Å². The summed E-state index contributed by atoms with van der Waals surface area (Å²) >= 11 is 0. The molecule has 1 nitrogen and oxygen atoms in total. The molecule has 0 saturated carbocycles. The second-order valence-corrected chi connectivity index (χ2v) is 5.55. The molecule has 2 heterocycles. The Morgan fingerprint density at radius 3 is 2.30 bits per heavy atom. The van der Waals surface area contributed by atoms with Crippen molar-refractivity contribution >= 4 is 0 Å².